The van der Waals surface area contributed by atoms with Crippen molar-refractivity contribution in [3.8, 4) is 11.1 Å². The molecule has 1 aliphatic rings. The van der Waals surface area contributed by atoms with E-state index >= 15 is 0 Å². The van der Waals surface area contributed by atoms with Crippen LogP contribution >= 0.6 is 0 Å². The molecule has 103 valence electrons. The Bertz CT molecular complexity index is 551. The Balaban J connectivity index is 1.85. The SMILES string of the molecule is Cc1[c]c(C)cc(-c2ccc(C3CCCCC3)cc2)c1. The standard InChI is InChI=1S/C20H23/c1-15-12-16(2)14-20(13-15)19-10-8-18(9-11-19)17-6-4-3-5-7-17/h8-11,13-14,17H,3-7H2,1-2H3. The molecule has 0 aromatic heterocycles. The van der Waals surface area contributed by atoms with E-state index in [0.29, 0.717) is 0 Å². The molecule has 0 unspecified atom stereocenters. The number of hydrogen-bond donors (Lipinski definition) is 0. The molecule has 0 nitrogen and oxygen atoms in total. The minimum atomic E-state index is 0.797. The largest absolute Gasteiger partial charge is 0.0581 e. The van der Waals surface area contributed by atoms with E-state index in [-0.39, 0.29) is 0 Å². The smallest absolute Gasteiger partial charge is 0.0120 e. The van der Waals surface area contributed by atoms with Crippen LogP contribution in [0.4, 0.5) is 0 Å². The van der Waals surface area contributed by atoms with Gasteiger partial charge in [0.05, 0.1) is 0 Å². The number of benzene rings is 2. The summed E-state index contributed by atoms with van der Waals surface area (Å²) >= 11 is 0. The van der Waals surface area contributed by atoms with Crippen molar-refractivity contribution >= 4 is 0 Å². The molecule has 0 heterocycles. The fourth-order valence-electron chi connectivity index (χ4n) is 3.44. The topological polar surface area (TPSA) is 0 Å². The molecule has 20 heavy (non-hydrogen) atoms. The Morgan fingerprint density at radius 1 is 0.800 bits per heavy atom. The van der Waals surface area contributed by atoms with E-state index in [1.807, 2.05) is 0 Å². The van der Waals surface area contributed by atoms with Crippen molar-refractivity contribution in [3.05, 3.63) is 59.2 Å². The lowest BCUT2D eigenvalue weighted by molar-refractivity contribution is 0.443. The Labute approximate surface area is 122 Å². The molecule has 0 amide bonds. The average Bonchev–Trinajstić information content (AvgIpc) is 2.47. The second-order valence-corrected chi connectivity index (χ2v) is 6.19. The first-order valence-electron chi connectivity index (χ1n) is 7.83. The Morgan fingerprint density at radius 2 is 1.40 bits per heavy atom. The molecule has 1 aliphatic carbocycles. The van der Waals surface area contributed by atoms with Gasteiger partial charge in [0.1, 0.15) is 0 Å². The highest BCUT2D eigenvalue weighted by Crippen LogP contribution is 2.33. The molecule has 1 fully saturated rings. The molecular formula is C20H23. The summed E-state index contributed by atoms with van der Waals surface area (Å²) in [4.78, 5) is 0. The second-order valence-electron chi connectivity index (χ2n) is 6.19. The zero-order chi connectivity index (χ0) is 13.9. The maximum Gasteiger partial charge on any atom is -0.0120 e. The van der Waals surface area contributed by atoms with Crippen molar-refractivity contribution in [1.82, 2.24) is 0 Å². The zero-order valence-electron chi connectivity index (χ0n) is 12.6. The van der Waals surface area contributed by atoms with E-state index in [0.717, 1.165) is 5.92 Å². The van der Waals surface area contributed by atoms with Crippen molar-refractivity contribution in [3.63, 3.8) is 0 Å². The van der Waals surface area contributed by atoms with Crippen LogP contribution < -0.4 is 0 Å². The van der Waals surface area contributed by atoms with Crippen molar-refractivity contribution in [1.29, 1.82) is 0 Å². The number of hydrogen-bond acceptors (Lipinski definition) is 0. The summed E-state index contributed by atoms with van der Waals surface area (Å²) in [7, 11) is 0. The van der Waals surface area contributed by atoms with Gasteiger partial charge in [0.25, 0.3) is 0 Å². The molecule has 0 saturated heterocycles. The maximum absolute atomic E-state index is 3.34. The minimum Gasteiger partial charge on any atom is -0.0581 e. The summed E-state index contributed by atoms with van der Waals surface area (Å²) in [5.74, 6) is 0.797. The van der Waals surface area contributed by atoms with Gasteiger partial charge in [-0.2, -0.15) is 0 Å². The summed E-state index contributed by atoms with van der Waals surface area (Å²) in [6.07, 6.45) is 6.97. The van der Waals surface area contributed by atoms with Crippen LogP contribution in [0.15, 0.2) is 36.4 Å². The molecule has 2 aromatic carbocycles. The van der Waals surface area contributed by atoms with Gasteiger partial charge in [0.2, 0.25) is 0 Å². The van der Waals surface area contributed by atoms with Gasteiger partial charge in [-0.25, -0.2) is 0 Å². The molecule has 2 aromatic rings. The Kier molecular flexibility index (Phi) is 3.91. The first-order chi connectivity index (χ1) is 9.72. The third kappa shape index (κ3) is 2.95. The normalized spacial score (nSPS) is 16.3. The highest BCUT2D eigenvalue weighted by molar-refractivity contribution is 5.65. The van der Waals surface area contributed by atoms with Gasteiger partial charge >= 0.3 is 0 Å². The molecule has 1 saturated carbocycles. The van der Waals surface area contributed by atoms with Gasteiger partial charge in [-0.15, -0.1) is 0 Å². The molecular weight excluding hydrogens is 240 g/mol. The van der Waals surface area contributed by atoms with Crippen LogP contribution in [-0.2, 0) is 0 Å². The fraction of sp³-hybridized carbons (Fsp3) is 0.400. The minimum absolute atomic E-state index is 0.797. The maximum atomic E-state index is 3.34. The lowest BCUT2D eigenvalue weighted by Crippen LogP contribution is -2.04. The van der Waals surface area contributed by atoms with Crippen LogP contribution in [0.2, 0.25) is 0 Å². The molecule has 0 spiro atoms. The first kappa shape index (κ1) is 13.4. The van der Waals surface area contributed by atoms with E-state index in [2.05, 4.69) is 56.3 Å². The summed E-state index contributed by atoms with van der Waals surface area (Å²) in [6.45, 7) is 4.24. The zero-order valence-corrected chi connectivity index (χ0v) is 12.6. The molecule has 0 N–H and O–H groups in total. The van der Waals surface area contributed by atoms with E-state index in [9.17, 15) is 0 Å². The summed E-state index contributed by atoms with van der Waals surface area (Å²) < 4.78 is 0. The van der Waals surface area contributed by atoms with Crippen LogP contribution in [0.1, 0.15) is 54.7 Å². The number of aryl methyl sites for hydroxylation is 2. The summed E-state index contributed by atoms with van der Waals surface area (Å²) in [6, 6.07) is 17.1. The third-order valence-corrected chi connectivity index (χ3v) is 4.46. The Morgan fingerprint density at radius 3 is 2.00 bits per heavy atom. The highest BCUT2D eigenvalue weighted by Gasteiger charge is 2.15. The van der Waals surface area contributed by atoms with Crippen molar-refractivity contribution in [2.45, 2.75) is 51.9 Å². The Hall–Kier alpha value is -1.56. The summed E-state index contributed by atoms with van der Waals surface area (Å²) in [5.41, 5.74) is 6.61. The van der Waals surface area contributed by atoms with E-state index in [1.165, 1.54) is 59.9 Å². The molecule has 3 rings (SSSR count). The lowest BCUT2D eigenvalue weighted by Gasteiger charge is -2.22. The van der Waals surface area contributed by atoms with Crippen LogP contribution in [0.25, 0.3) is 11.1 Å². The van der Waals surface area contributed by atoms with Gasteiger partial charge in [-0.3, -0.25) is 0 Å². The quantitative estimate of drug-likeness (QED) is 0.640. The van der Waals surface area contributed by atoms with Crippen LogP contribution in [0.3, 0.4) is 0 Å². The average molecular weight is 263 g/mol. The lowest BCUT2D eigenvalue weighted by atomic mass is 9.83. The third-order valence-electron chi connectivity index (χ3n) is 4.46. The molecule has 0 bridgehead atoms. The van der Waals surface area contributed by atoms with Gasteiger partial charge in [0, 0.05) is 0 Å². The molecule has 1 radical (unpaired) electrons. The van der Waals surface area contributed by atoms with E-state index in [1.54, 1.807) is 0 Å². The first-order valence-corrected chi connectivity index (χ1v) is 7.83. The van der Waals surface area contributed by atoms with E-state index < -0.39 is 0 Å². The fourth-order valence-corrected chi connectivity index (χ4v) is 3.44. The number of rotatable bonds is 2. The van der Waals surface area contributed by atoms with Gasteiger partial charge in [-0.1, -0.05) is 55.7 Å². The van der Waals surface area contributed by atoms with Crippen LogP contribution in [0.5, 0.6) is 0 Å². The van der Waals surface area contributed by atoms with Crippen molar-refractivity contribution in [2.24, 2.45) is 0 Å². The van der Waals surface area contributed by atoms with Crippen LogP contribution in [0, 0.1) is 19.9 Å². The van der Waals surface area contributed by atoms with Gasteiger partial charge in [-0.05, 0) is 66.5 Å². The molecule has 0 atom stereocenters. The van der Waals surface area contributed by atoms with Crippen molar-refractivity contribution in [2.75, 3.05) is 0 Å². The van der Waals surface area contributed by atoms with Gasteiger partial charge < -0.3 is 0 Å². The van der Waals surface area contributed by atoms with Gasteiger partial charge in [0.15, 0.2) is 0 Å². The second kappa shape index (κ2) is 5.83. The predicted molar refractivity (Wildman–Crippen MR) is 86.0 cm³/mol. The summed E-state index contributed by atoms with van der Waals surface area (Å²) in [5, 5.41) is 0. The molecule has 0 heteroatoms. The predicted octanol–water partition coefficient (Wildman–Crippen LogP) is 5.82. The highest BCUT2D eigenvalue weighted by atomic mass is 14.2. The monoisotopic (exact) mass is 263 g/mol. The van der Waals surface area contributed by atoms with Crippen molar-refractivity contribution < 1.29 is 0 Å². The van der Waals surface area contributed by atoms with Crippen LogP contribution in [-0.4, -0.2) is 0 Å². The molecule has 0 aliphatic heterocycles. The van der Waals surface area contributed by atoms with E-state index in [4.69, 9.17) is 0 Å².